The van der Waals surface area contributed by atoms with E-state index in [1.165, 1.54) is 12.6 Å². The van der Waals surface area contributed by atoms with Crippen LogP contribution in [-0.4, -0.2) is 61.8 Å². The van der Waals surface area contributed by atoms with Crippen molar-refractivity contribution in [3.63, 3.8) is 0 Å². The fraction of sp³-hybridized carbons (Fsp3) is 0.214. The van der Waals surface area contributed by atoms with Gasteiger partial charge < -0.3 is 24.9 Å². The molecule has 2 amide bonds. The molecular weight excluding hydrogens is 518 g/mol. The Bertz CT molecular complexity index is 1670. The number of amides is 2. The van der Waals surface area contributed by atoms with E-state index in [1.807, 2.05) is 53.6 Å². The third-order valence-electron chi connectivity index (χ3n) is 7.00. The number of furan rings is 1. The molecule has 1 atom stereocenters. The van der Waals surface area contributed by atoms with Crippen LogP contribution in [0.5, 0.6) is 0 Å². The maximum atomic E-state index is 13.5. The number of nitrogens with zero attached hydrogens (tertiary/aromatic N) is 5. The van der Waals surface area contributed by atoms with Gasteiger partial charge in [-0.2, -0.15) is 0 Å². The summed E-state index contributed by atoms with van der Waals surface area (Å²) >= 11 is 6.15. The molecule has 3 aromatic heterocycles. The van der Waals surface area contributed by atoms with Gasteiger partial charge in [-0.15, -0.1) is 0 Å². The van der Waals surface area contributed by atoms with Crippen molar-refractivity contribution in [2.45, 2.75) is 19.3 Å². The minimum Gasteiger partial charge on any atom is -0.459 e. The second-order valence-corrected chi connectivity index (χ2v) is 10.1. The normalized spacial score (nSPS) is 16.3. The summed E-state index contributed by atoms with van der Waals surface area (Å²) in [6.45, 7) is 1.99. The zero-order valence-corrected chi connectivity index (χ0v) is 21.7. The summed E-state index contributed by atoms with van der Waals surface area (Å²) in [5.41, 5.74) is 8.65. The van der Waals surface area contributed by atoms with Crippen LogP contribution in [0, 0.1) is 0 Å². The third-order valence-corrected chi connectivity index (χ3v) is 7.24. The largest absolute Gasteiger partial charge is 0.459 e. The Morgan fingerprint density at radius 1 is 1.15 bits per heavy atom. The van der Waals surface area contributed by atoms with Crippen molar-refractivity contribution in [1.29, 1.82) is 0 Å². The van der Waals surface area contributed by atoms with E-state index in [-0.39, 0.29) is 36.7 Å². The van der Waals surface area contributed by atoms with Crippen molar-refractivity contribution >= 4 is 51.0 Å². The number of piperazine rings is 1. The second kappa shape index (κ2) is 10.4. The predicted molar refractivity (Wildman–Crippen MR) is 148 cm³/mol. The molecule has 1 aliphatic heterocycles. The van der Waals surface area contributed by atoms with Crippen molar-refractivity contribution < 1.29 is 14.0 Å². The van der Waals surface area contributed by atoms with Crippen molar-refractivity contribution in [1.82, 2.24) is 29.7 Å². The number of hydrogen-bond donors (Lipinski definition) is 2. The van der Waals surface area contributed by atoms with Gasteiger partial charge in [0.25, 0.3) is 5.91 Å². The highest BCUT2D eigenvalue weighted by molar-refractivity contribution is 6.31. The van der Waals surface area contributed by atoms with Gasteiger partial charge in [0, 0.05) is 47.1 Å². The Balaban J connectivity index is 1.23. The van der Waals surface area contributed by atoms with Gasteiger partial charge in [-0.05, 0) is 54.1 Å². The molecule has 0 aliphatic carbocycles. The second-order valence-electron chi connectivity index (χ2n) is 9.61. The van der Waals surface area contributed by atoms with E-state index in [0.717, 1.165) is 21.9 Å². The first-order valence-electron chi connectivity index (χ1n) is 12.5. The van der Waals surface area contributed by atoms with Crippen LogP contribution in [0.15, 0.2) is 77.8 Å². The fourth-order valence-corrected chi connectivity index (χ4v) is 5.26. The summed E-state index contributed by atoms with van der Waals surface area (Å²) in [4.78, 5) is 38.4. The highest BCUT2D eigenvalue weighted by Gasteiger charge is 2.33. The Morgan fingerprint density at radius 2 is 2.05 bits per heavy atom. The topological polar surface area (TPSA) is 123 Å². The lowest BCUT2D eigenvalue weighted by Gasteiger charge is -2.41. The molecule has 0 saturated carbocycles. The van der Waals surface area contributed by atoms with Crippen LogP contribution in [0.1, 0.15) is 16.1 Å². The van der Waals surface area contributed by atoms with Crippen LogP contribution in [0.2, 0.25) is 5.02 Å². The molecule has 2 aromatic carbocycles. The van der Waals surface area contributed by atoms with Gasteiger partial charge in [-0.1, -0.05) is 17.7 Å². The van der Waals surface area contributed by atoms with E-state index in [1.54, 1.807) is 12.1 Å². The van der Waals surface area contributed by atoms with Crippen molar-refractivity contribution in [2.75, 3.05) is 25.4 Å². The summed E-state index contributed by atoms with van der Waals surface area (Å²) in [5, 5.41) is 5.41. The lowest BCUT2D eigenvalue weighted by Crippen LogP contribution is -2.59. The molecule has 10 nitrogen and oxygen atoms in total. The van der Waals surface area contributed by atoms with Crippen molar-refractivity contribution in [3.05, 3.63) is 89.7 Å². The maximum Gasteiger partial charge on any atom is 0.287 e. The van der Waals surface area contributed by atoms with Crippen LogP contribution in [0.4, 0.5) is 5.82 Å². The van der Waals surface area contributed by atoms with Gasteiger partial charge in [0.1, 0.15) is 12.1 Å². The summed E-state index contributed by atoms with van der Waals surface area (Å²) < 4.78 is 7.33. The number of hydrogen-bond acceptors (Lipinski definition) is 7. The summed E-state index contributed by atoms with van der Waals surface area (Å²) in [6, 6.07) is 16.5. The van der Waals surface area contributed by atoms with Crippen molar-refractivity contribution in [3.8, 4) is 0 Å². The first kappa shape index (κ1) is 24.9. The van der Waals surface area contributed by atoms with Crippen LogP contribution in [0.25, 0.3) is 21.8 Å². The number of carbonyl (C=O) groups excluding carboxylic acids is 2. The number of benzene rings is 2. The van der Waals surface area contributed by atoms with Crippen LogP contribution in [0.3, 0.4) is 0 Å². The molecule has 3 N–H and O–H groups in total. The zero-order valence-electron chi connectivity index (χ0n) is 21.0. The number of nitrogens with one attached hydrogen (secondary N) is 1. The molecule has 198 valence electrons. The number of aromatic nitrogens is 3. The molecule has 0 radical (unpaired) electrons. The average molecular weight is 544 g/mol. The van der Waals surface area contributed by atoms with Gasteiger partial charge in [0.2, 0.25) is 5.91 Å². The Kier molecular flexibility index (Phi) is 6.64. The molecule has 5 aromatic rings. The lowest BCUT2D eigenvalue weighted by atomic mass is 10.1. The molecule has 1 aliphatic rings. The average Bonchev–Trinajstić information content (AvgIpc) is 3.60. The summed E-state index contributed by atoms with van der Waals surface area (Å²) in [5.74, 6) is 0.287. The third kappa shape index (κ3) is 5.16. The number of anilines is 1. The highest BCUT2D eigenvalue weighted by Crippen LogP contribution is 2.24. The van der Waals surface area contributed by atoms with Crippen LogP contribution >= 0.6 is 11.6 Å². The smallest absolute Gasteiger partial charge is 0.287 e. The van der Waals surface area contributed by atoms with Crippen LogP contribution < -0.4 is 11.1 Å². The van der Waals surface area contributed by atoms with E-state index in [9.17, 15) is 9.59 Å². The molecule has 6 rings (SSSR count). The Hall–Kier alpha value is -4.41. The van der Waals surface area contributed by atoms with Crippen molar-refractivity contribution in [2.24, 2.45) is 0 Å². The minimum atomic E-state index is -0.323. The lowest BCUT2D eigenvalue weighted by molar-refractivity contribution is -0.141. The molecule has 0 unspecified atom stereocenters. The molecule has 39 heavy (non-hydrogen) atoms. The number of nitrogen functional groups attached to an aromatic ring is 1. The minimum absolute atomic E-state index is 0.0275. The quantitative estimate of drug-likeness (QED) is 0.322. The highest BCUT2D eigenvalue weighted by atomic mass is 35.5. The number of fused-ring (bicyclic) bond motifs is 2. The maximum absolute atomic E-state index is 13.5. The number of nitrogens with two attached hydrogens (primary N) is 1. The molecule has 0 spiro atoms. The van der Waals surface area contributed by atoms with E-state index < -0.39 is 0 Å². The van der Waals surface area contributed by atoms with E-state index in [4.69, 9.17) is 21.8 Å². The first-order valence-corrected chi connectivity index (χ1v) is 12.9. The standard InChI is InChI=1S/C28H26ClN7O3/c29-20-4-6-24-19(11-20)7-8-35(24)17-34-14-21(12-31-28(38)25-2-1-9-39-25)36(26(37)15-34)13-18-3-5-22-23(10-18)32-16-33-27(22)30/h1-11,16,21H,12-15,17H2,(H,31,38)(H2,30,32,33)/t21-/m0/s1. The van der Waals surface area contributed by atoms with E-state index in [0.29, 0.717) is 36.1 Å². The molecular formula is C28H26ClN7O3. The molecule has 1 saturated heterocycles. The van der Waals surface area contributed by atoms with E-state index in [2.05, 4.69) is 24.8 Å². The zero-order chi connectivity index (χ0) is 26.9. The van der Waals surface area contributed by atoms with Gasteiger partial charge in [0.05, 0.1) is 31.0 Å². The molecule has 4 heterocycles. The number of carbonyl (C=O) groups is 2. The fourth-order valence-electron chi connectivity index (χ4n) is 5.08. The number of rotatable bonds is 7. The van der Waals surface area contributed by atoms with Gasteiger partial charge in [0.15, 0.2) is 5.76 Å². The monoisotopic (exact) mass is 543 g/mol. The van der Waals surface area contributed by atoms with Gasteiger partial charge in [-0.25, -0.2) is 9.97 Å². The summed E-state index contributed by atoms with van der Waals surface area (Å²) in [7, 11) is 0. The van der Waals surface area contributed by atoms with Gasteiger partial charge in [-0.3, -0.25) is 14.5 Å². The predicted octanol–water partition coefficient (Wildman–Crippen LogP) is 3.51. The van der Waals surface area contributed by atoms with Gasteiger partial charge >= 0.3 is 0 Å². The van der Waals surface area contributed by atoms with E-state index >= 15 is 0 Å². The Labute approximate surface area is 229 Å². The molecule has 11 heteroatoms. The first-order chi connectivity index (χ1) is 18.9. The van der Waals surface area contributed by atoms with Crippen LogP contribution in [-0.2, 0) is 18.0 Å². The number of halogens is 1. The molecule has 0 bridgehead atoms. The summed E-state index contributed by atoms with van der Waals surface area (Å²) in [6.07, 6.45) is 4.88. The SMILES string of the molecule is Nc1ncnc2cc(CN3C(=O)CN(Cn4ccc5cc(Cl)ccc54)C[C@@H]3CNC(=O)c3ccco3)ccc12. The molecule has 1 fully saturated rings. The Morgan fingerprint density at radius 3 is 2.90 bits per heavy atom.